The van der Waals surface area contributed by atoms with E-state index in [0.717, 1.165) is 16.9 Å². The van der Waals surface area contributed by atoms with Gasteiger partial charge in [-0.25, -0.2) is 4.99 Å². The Balaban J connectivity index is 1.65. The SMILES string of the molecule is COc1ccc(COC2C(=O)c3ccccc3N=C2c2ccccc2)cc1. The van der Waals surface area contributed by atoms with E-state index in [1.54, 1.807) is 13.2 Å². The molecule has 1 heterocycles. The first-order valence-corrected chi connectivity index (χ1v) is 8.78. The first-order chi connectivity index (χ1) is 13.3. The third-order valence-electron chi connectivity index (χ3n) is 4.54. The molecule has 4 rings (SSSR count). The van der Waals surface area contributed by atoms with Crippen molar-refractivity contribution in [2.45, 2.75) is 12.7 Å². The summed E-state index contributed by atoms with van der Waals surface area (Å²) in [6.07, 6.45) is -0.732. The van der Waals surface area contributed by atoms with Crippen LogP contribution in [0.25, 0.3) is 0 Å². The Morgan fingerprint density at radius 1 is 0.889 bits per heavy atom. The summed E-state index contributed by atoms with van der Waals surface area (Å²) in [5.41, 5.74) is 3.78. The fraction of sp³-hybridized carbons (Fsp3) is 0.130. The number of carbonyl (C=O) groups excluding carboxylic acids is 1. The molecule has 134 valence electrons. The third kappa shape index (κ3) is 3.52. The minimum Gasteiger partial charge on any atom is -0.497 e. The number of rotatable bonds is 5. The van der Waals surface area contributed by atoms with Crippen LogP contribution >= 0.6 is 0 Å². The lowest BCUT2D eigenvalue weighted by molar-refractivity contribution is 0.0568. The Morgan fingerprint density at radius 2 is 1.59 bits per heavy atom. The number of para-hydroxylation sites is 1. The van der Waals surface area contributed by atoms with Crippen molar-refractivity contribution in [1.82, 2.24) is 0 Å². The molecule has 1 atom stereocenters. The van der Waals surface area contributed by atoms with E-state index in [0.29, 0.717) is 23.6 Å². The highest BCUT2D eigenvalue weighted by molar-refractivity contribution is 6.25. The van der Waals surface area contributed by atoms with Gasteiger partial charge in [0, 0.05) is 5.56 Å². The van der Waals surface area contributed by atoms with Gasteiger partial charge < -0.3 is 9.47 Å². The topological polar surface area (TPSA) is 47.9 Å². The monoisotopic (exact) mass is 357 g/mol. The minimum absolute atomic E-state index is 0.0621. The molecule has 0 saturated carbocycles. The zero-order valence-corrected chi connectivity index (χ0v) is 15.0. The summed E-state index contributed by atoms with van der Waals surface area (Å²) in [6.45, 7) is 0.314. The summed E-state index contributed by atoms with van der Waals surface area (Å²) in [5.74, 6) is 0.723. The van der Waals surface area contributed by atoms with E-state index in [9.17, 15) is 4.79 Å². The summed E-state index contributed by atoms with van der Waals surface area (Å²) in [5, 5.41) is 0. The Kier molecular flexibility index (Phi) is 4.81. The van der Waals surface area contributed by atoms with Gasteiger partial charge in [0.05, 0.1) is 25.1 Å². The number of hydrogen-bond acceptors (Lipinski definition) is 4. The minimum atomic E-state index is -0.732. The Bertz CT molecular complexity index is 978. The molecule has 1 unspecified atom stereocenters. The zero-order chi connectivity index (χ0) is 18.6. The number of ether oxygens (including phenoxy) is 2. The summed E-state index contributed by atoms with van der Waals surface area (Å²) in [6, 6.07) is 24.7. The van der Waals surface area contributed by atoms with Crippen LogP contribution in [0.2, 0.25) is 0 Å². The van der Waals surface area contributed by atoms with Crippen molar-refractivity contribution in [2.75, 3.05) is 7.11 Å². The van der Waals surface area contributed by atoms with E-state index in [1.807, 2.05) is 72.8 Å². The van der Waals surface area contributed by atoms with Gasteiger partial charge in [0.1, 0.15) is 5.75 Å². The van der Waals surface area contributed by atoms with E-state index < -0.39 is 6.10 Å². The number of aliphatic imine (C=N–C) groups is 1. The molecule has 0 spiro atoms. The maximum absolute atomic E-state index is 13.1. The van der Waals surface area contributed by atoms with Gasteiger partial charge in [-0.3, -0.25) is 4.79 Å². The first kappa shape index (κ1) is 17.2. The maximum Gasteiger partial charge on any atom is 0.199 e. The Hall–Kier alpha value is -3.24. The van der Waals surface area contributed by atoms with Crippen LogP contribution in [-0.4, -0.2) is 24.7 Å². The van der Waals surface area contributed by atoms with Crippen LogP contribution in [0, 0.1) is 0 Å². The maximum atomic E-state index is 13.1. The summed E-state index contributed by atoms with van der Waals surface area (Å²) >= 11 is 0. The van der Waals surface area contributed by atoms with Crippen molar-refractivity contribution in [2.24, 2.45) is 4.99 Å². The van der Waals surface area contributed by atoms with E-state index >= 15 is 0 Å². The standard InChI is InChI=1S/C23H19NO3/c1-26-18-13-11-16(12-14-18)15-27-23-21(17-7-3-2-4-8-17)24-20-10-6-5-9-19(20)22(23)25/h2-14,23H,15H2,1H3. The van der Waals surface area contributed by atoms with E-state index in [4.69, 9.17) is 14.5 Å². The number of nitrogens with zero attached hydrogens (tertiary/aromatic N) is 1. The van der Waals surface area contributed by atoms with E-state index in [2.05, 4.69) is 0 Å². The zero-order valence-electron chi connectivity index (χ0n) is 15.0. The first-order valence-electron chi connectivity index (χ1n) is 8.78. The number of methoxy groups -OCH3 is 1. The molecule has 4 nitrogen and oxygen atoms in total. The molecular formula is C23H19NO3. The van der Waals surface area contributed by atoms with Crippen molar-refractivity contribution in [1.29, 1.82) is 0 Å². The van der Waals surface area contributed by atoms with Crippen molar-refractivity contribution in [3.05, 3.63) is 95.6 Å². The van der Waals surface area contributed by atoms with Crippen LogP contribution in [0.1, 0.15) is 21.5 Å². The van der Waals surface area contributed by atoms with Gasteiger partial charge in [-0.2, -0.15) is 0 Å². The van der Waals surface area contributed by atoms with Gasteiger partial charge >= 0.3 is 0 Å². The number of ketones is 1. The Labute approximate surface area is 158 Å². The van der Waals surface area contributed by atoms with Gasteiger partial charge in [-0.15, -0.1) is 0 Å². The van der Waals surface area contributed by atoms with Gasteiger partial charge in [0.2, 0.25) is 0 Å². The lowest BCUT2D eigenvalue weighted by atomic mass is 9.93. The molecular weight excluding hydrogens is 338 g/mol. The third-order valence-corrected chi connectivity index (χ3v) is 4.54. The summed E-state index contributed by atoms with van der Waals surface area (Å²) < 4.78 is 11.2. The second kappa shape index (κ2) is 7.56. The van der Waals surface area contributed by atoms with Crippen LogP contribution in [-0.2, 0) is 11.3 Å². The lowest BCUT2D eigenvalue weighted by Gasteiger charge is -2.24. The molecule has 0 fully saturated rings. The molecule has 27 heavy (non-hydrogen) atoms. The fourth-order valence-corrected chi connectivity index (χ4v) is 3.11. The highest BCUT2D eigenvalue weighted by atomic mass is 16.5. The second-order valence-electron chi connectivity index (χ2n) is 6.28. The summed E-state index contributed by atoms with van der Waals surface area (Å²) in [7, 11) is 1.63. The van der Waals surface area contributed by atoms with Crippen LogP contribution in [0.5, 0.6) is 5.75 Å². The molecule has 1 aliphatic heterocycles. The molecule has 0 bridgehead atoms. The molecule has 0 N–H and O–H groups in total. The number of fused-ring (bicyclic) bond motifs is 1. The highest BCUT2D eigenvalue weighted by Gasteiger charge is 2.32. The normalized spacial score (nSPS) is 15.8. The number of carbonyl (C=O) groups is 1. The number of hydrogen-bond donors (Lipinski definition) is 0. The molecule has 0 radical (unpaired) electrons. The predicted octanol–water partition coefficient (Wildman–Crippen LogP) is 4.60. The predicted molar refractivity (Wildman–Crippen MR) is 105 cm³/mol. The van der Waals surface area contributed by atoms with Gasteiger partial charge in [0.25, 0.3) is 0 Å². The van der Waals surface area contributed by atoms with Crippen LogP contribution in [0.4, 0.5) is 5.69 Å². The number of Topliss-reactive ketones (excluding diaryl/α,β-unsaturated/α-hetero) is 1. The molecule has 3 aromatic rings. The molecule has 0 aromatic heterocycles. The van der Waals surface area contributed by atoms with Crippen molar-refractivity contribution < 1.29 is 14.3 Å². The van der Waals surface area contributed by atoms with Crippen LogP contribution in [0.3, 0.4) is 0 Å². The van der Waals surface area contributed by atoms with E-state index in [1.165, 1.54) is 0 Å². The van der Waals surface area contributed by atoms with Gasteiger partial charge in [0.15, 0.2) is 11.9 Å². The lowest BCUT2D eigenvalue weighted by Crippen LogP contribution is -2.36. The largest absolute Gasteiger partial charge is 0.497 e. The highest BCUT2D eigenvalue weighted by Crippen LogP contribution is 2.29. The average molecular weight is 357 g/mol. The average Bonchev–Trinajstić information content (AvgIpc) is 2.74. The van der Waals surface area contributed by atoms with Crippen LogP contribution in [0.15, 0.2) is 83.9 Å². The molecule has 1 aliphatic rings. The van der Waals surface area contributed by atoms with Gasteiger partial charge in [-0.05, 0) is 35.4 Å². The van der Waals surface area contributed by atoms with Crippen molar-refractivity contribution >= 4 is 17.2 Å². The smallest absolute Gasteiger partial charge is 0.199 e. The fourth-order valence-electron chi connectivity index (χ4n) is 3.11. The Morgan fingerprint density at radius 3 is 2.33 bits per heavy atom. The van der Waals surface area contributed by atoms with Gasteiger partial charge in [-0.1, -0.05) is 54.6 Å². The molecule has 3 aromatic carbocycles. The van der Waals surface area contributed by atoms with Crippen LogP contribution < -0.4 is 4.74 Å². The summed E-state index contributed by atoms with van der Waals surface area (Å²) in [4.78, 5) is 17.8. The van der Waals surface area contributed by atoms with Crippen molar-refractivity contribution in [3.63, 3.8) is 0 Å². The quantitative estimate of drug-likeness (QED) is 0.671. The molecule has 0 saturated heterocycles. The van der Waals surface area contributed by atoms with Crippen molar-refractivity contribution in [3.8, 4) is 5.75 Å². The second-order valence-corrected chi connectivity index (χ2v) is 6.28. The molecule has 0 aliphatic carbocycles. The number of benzene rings is 3. The van der Waals surface area contributed by atoms with E-state index in [-0.39, 0.29) is 5.78 Å². The molecule has 0 amide bonds. The molecule has 4 heteroatoms.